The van der Waals surface area contributed by atoms with Crippen LogP contribution in [0, 0.1) is 11.7 Å². The van der Waals surface area contributed by atoms with Crippen molar-refractivity contribution < 1.29 is 14.0 Å². The first-order valence-corrected chi connectivity index (χ1v) is 11.5. The summed E-state index contributed by atoms with van der Waals surface area (Å²) in [5.74, 6) is -0.0256. The summed E-state index contributed by atoms with van der Waals surface area (Å²) in [5.41, 5.74) is 1.02. The molecule has 2 amide bonds. The lowest BCUT2D eigenvalue weighted by molar-refractivity contribution is -0.124. The van der Waals surface area contributed by atoms with Crippen LogP contribution in [0.1, 0.15) is 41.6 Å². The first-order valence-electron chi connectivity index (χ1n) is 9.70. The van der Waals surface area contributed by atoms with E-state index in [-0.39, 0.29) is 28.2 Å². The number of carbonyl (C=O) groups is 2. The predicted molar refractivity (Wildman–Crippen MR) is 120 cm³/mol. The van der Waals surface area contributed by atoms with Crippen LogP contribution in [-0.2, 0) is 4.79 Å². The Morgan fingerprint density at radius 2 is 1.90 bits per heavy atom. The van der Waals surface area contributed by atoms with Crippen molar-refractivity contribution in [3.63, 3.8) is 0 Å². The van der Waals surface area contributed by atoms with Crippen LogP contribution < -0.4 is 5.32 Å². The highest BCUT2D eigenvalue weighted by Crippen LogP contribution is 2.43. The normalized spacial score (nSPS) is 18.7. The van der Waals surface area contributed by atoms with Crippen LogP contribution in [-0.4, -0.2) is 35.1 Å². The van der Waals surface area contributed by atoms with Gasteiger partial charge in [0.15, 0.2) is 0 Å². The van der Waals surface area contributed by atoms with Gasteiger partial charge in [0.2, 0.25) is 5.91 Å². The Labute approximate surface area is 190 Å². The third-order valence-corrected chi connectivity index (χ3v) is 6.75. The fraction of sp³-hybridized carbons (Fsp3) is 0.364. The van der Waals surface area contributed by atoms with Crippen LogP contribution in [0.5, 0.6) is 0 Å². The number of nitrogens with one attached hydrogen (secondary N) is 1. The molecule has 0 saturated carbocycles. The van der Waals surface area contributed by atoms with Gasteiger partial charge in [0.05, 0.1) is 10.6 Å². The molecule has 1 saturated heterocycles. The maximum absolute atomic E-state index is 13.5. The van der Waals surface area contributed by atoms with Gasteiger partial charge in [0.25, 0.3) is 5.91 Å². The highest BCUT2D eigenvalue weighted by molar-refractivity contribution is 7.99. The minimum atomic E-state index is -0.656. The molecule has 4 nitrogen and oxygen atoms in total. The number of halogens is 3. The summed E-state index contributed by atoms with van der Waals surface area (Å²) < 4.78 is 13.4. The van der Waals surface area contributed by atoms with Gasteiger partial charge in [-0.05, 0) is 48.2 Å². The number of hydrogen-bond donors (Lipinski definition) is 1. The summed E-state index contributed by atoms with van der Waals surface area (Å²) in [5, 5.41) is 3.16. The highest BCUT2D eigenvalue weighted by atomic mass is 35.5. The minimum Gasteiger partial charge on any atom is -0.354 e. The van der Waals surface area contributed by atoms with Gasteiger partial charge in [0.1, 0.15) is 17.2 Å². The first-order chi connectivity index (χ1) is 14.3. The lowest BCUT2D eigenvalue weighted by Gasteiger charge is -2.29. The molecule has 0 aliphatic carbocycles. The van der Waals surface area contributed by atoms with Crippen LogP contribution in [0.3, 0.4) is 0 Å². The Hall–Kier alpha value is -1.76. The van der Waals surface area contributed by atoms with E-state index < -0.39 is 11.4 Å². The zero-order valence-electron chi connectivity index (χ0n) is 16.7. The average molecular weight is 469 g/mol. The maximum Gasteiger partial charge on any atom is 0.257 e. The van der Waals surface area contributed by atoms with E-state index in [1.165, 1.54) is 34.9 Å². The summed E-state index contributed by atoms with van der Waals surface area (Å²) in [7, 11) is 0. The van der Waals surface area contributed by atoms with Crippen molar-refractivity contribution in [2.75, 3.05) is 12.3 Å². The van der Waals surface area contributed by atoms with Gasteiger partial charge in [-0.15, -0.1) is 11.8 Å². The van der Waals surface area contributed by atoms with E-state index in [2.05, 4.69) is 19.2 Å². The summed E-state index contributed by atoms with van der Waals surface area (Å²) in [6.45, 7) is 4.71. The molecular formula is C22H23Cl2FN2O2S. The third kappa shape index (κ3) is 5.29. The molecule has 30 heavy (non-hydrogen) atoms. The van der Waals surface area contributed by atoms with Gasteiger partial charge < -0.3 is 10.2 Å². The smallest absolute Gasteiger partial charge is 0.257 e. The second-order valence-corrected chi connectivity index (χ2v) is 9.52. The monoisotopic (exact) mass is 468 g/mol. The molecule has 0 aromatic heterocycles. The Balaban J connectivity index is 1.91. The number of rotatable bonds is 6. The van der Waals surface area contributed by atoms with Gasteiger partial charge in [0, 0.05) is 17.3 Å². The zero-order chi connectivity index (χ0) is 21.8. The van der Waals surface area contributed by atoms with Crippen molar-refractivity contribution in [2.45, 2.75) is 31.7 Å². The van der Waals surface area contributed by atoms with Crippen molar-refractivity contribution >= 4 is 46.8 Å². The summed E-state index contributed by atoms with van der Waals surface area (Å²) in [6, 6.07) is 9.97. The number of nitrogens with zero attached hydrogens (tertiary/aromatic N) is 1. The molecule has 1 fully saturated rings. The van der Waals surface area contributed by atoms with Crippen molar-refractivity contribution in [3.05, 3.63) is 69.5 Å². The topological polar surface area (TPSA) is 49.4 Å². The maximum atomic E-state index is 13.5. The summed E-state index contributed by atoms with van der Waals surface area (Å²) in [4.78, 5) is 27.9. The molecule has 0 unspecified atom stereocenters. The molecule has 1 N–H and O–H groups in total. The lowest BCUT2D eigenvalue weighted by Crippen LogP contribution is -2.48. The molecule has 1 heterocycles. The van der Waals surface area contributed by atoms with E-state index in [1.807, 2.05) is 0 Å². The third-order valence-electron chi connectivity index (χ3n) is 4.88. The molecule has 3 rings (SSSR count). The summed E-state index contributed by atoms with van der Waals surface area (Å²) >= 11 is 13.7. The Morgan fingerprint density at radius 3 is 2.53 bits per heavy atom. The molecule has 2 atom stereocenters. The molecule has 1 aliphatic heterocycles. The van der Waals surface area contributed by atoms with Crippen LogP contribution >= 0.6 is 35.0 Å². The minimum absolute atomic E-state index is 0.203. The van der Waals surface area contributed by atoms with E-state index >= 15 is 0 Å². The van der Waals surface area contributed by atoms with Gasteiger partial charge in [-0.3, -0.25) is 9.59 Å². The van der Waals surface area contributed by atoms with E-state index in [0.29, 0.717) is 23.2 Å². The van der Waals surface area contributed by atoms with Gasteiger partial charge >= 0.3 is 0 Å². The van der Waals surface area contributed by atoms with E-state index in [4.69, 9.17) is 23.2 Å². The standard InChI is InChI=1S/C22H23Cl2FN2O2S/c1-13(2)9-10-26-20(28)19-12-30-22(14-3-6-16(25)7-4-14)27(19)21(29)17-8-5-15(23)11-18(17)24/h3-8,11,13,19,22H,9-10,12H2,1-2H3,(H,26,28)/t19-,22-/m0/s1. The molecule has 160 valence electrons. The second-order valence-electron chi connectivity index (χ2n) is 7.56. The SMILES string of the molecule is CC(C)CCNC(=O)[C@@H]1CS[C@@H](c2ccc(F)cc2)N1C(=O)c1ccc(Cl)cc1Cl. The molecule has 2 aromatic carbocycles. The molecule has 8 heteroatoms. The van der Waals surface area contributed by atoms with Crippen LogP contribution in [0.2, 0.25) is 10.0 Å². The number of thioether (sulfide) groups is 1. The van der Waals surface area contributed by atoms with Gasteiger partial charge in [-0.25, -0.2) is 4.39 Å². The zero-order valence-corrected chi connectivity index (χ0v) is 19.0. The Bertz CT molecular complexity index is 924. The average Bonchev–Trinajstić information content (AvgIpc) is 3.13. The van der Waals surface area contributed by atoms with Crippen LogP contribution in [0.4, 0.5) is 4.39 Å². The molecule has 0 spiro atoms. The van der Waals surface area contributed by atoms with E-state index in [1.54, 1.807) is 24.3 Å². The summed E-state index contributed by atoms with van der Waals surface area (Å²) in [6.07, 6.45) is 0.851. The Kier molecular flexibility index (Phi) is 7.66. The van der Waals surface area contributed by atoms with Crippen molar-refractivity contribution in [3.8, 4) is 0 Å². The molecule has 1 aliphatic rings. The number of amides is 2. The number of hydrogen-bond acceptors (Lipinski definition) is 3. The largest absolute Gasteiger partial charge is 0.354 e. The number of benzene rings is 2. The molecular weight excluding hydrogens is 446 g/mol. The van der Waals surface area contributed by atoms with Crippen molar-refractivity contribution in [1.82, 2.24) is 10.2 Å². The quantitative estimate of drug-likeness (QED) is 0.604. The number of carbonyl (C=O) groups excluding carboxylic acids is 2. The fourth-order valence-electron chi connectivity index (χ4n) is 3.24. The second kappa shape index (κ2) is 10.0. The van der Waals surface area contributed by atoms with E-state index in [0.717, 1.165) is 12.0 Å². The molecule has 0 radical (unpaired) electrons. The predicted octanol–water partition coefficient (Wildman–Crippen LogP) is 5.55. The molecule has 0 bridgehead atoms. The molecule has 2 aromatic rings. The van der Waals surface area contributed by atoms with Crippen LogP contribution in [0.25, 0.3) is 0 Å². The highest BCUT2D eigenvalue weighted by Gasteiger charge is 2.43. The van der Waals surface area contributed by atoms with Crippen molar-refractivity contribution in [1.29, 1.82) is 0 Å². The Morgan fingerprint density at radius 1 is 1.20 bits per heavy atom. The van der Waals surface area contributed by atoms with Crippen molar-refractivity contribution in [2.24, 2.45) is 5.92 Å². The van der Waals surface area contributed by atoms with Gasteiger partial charge in [-0.2, -0.15) is 0 Å². The van der Waals surface area contributed by atoms with Gasteiger partial charge in [-0.1, -0.05) is 49.2 Å². The fourth-order valence-corrected chi connectivity index (χ4v) is 5.16. The lowest BCUT2D eigenvalue weighted by atomic mass is 10.1. The van der Waals surface area contributed by atoms with Crippen LogP contribution in [0.15, 0.2) is 42.5 Å². The van der Waals surface area contributed by atoms with E-state index in [9.17, 15) is 14.0 Å². The first kappa shape index (κ1) is 22.9.